The minimum Gasteiger partial charge on any atom is -0.486 e. The number of hydrogen-bond donors (Lipinski definition) is 1. The third-order valence-corrected chi connectivity index (χ3v) is 3.45. The molecule has 0 aliphatic carbocycles. The molecule has 1 aliphatic heterocycles. The van der Waals surface area contributed by atoms with Crippen LogP contribution in [0.4, 0.5) is 0 Å². The molecule has 122 valence electrons. The molecule has 0 saturated heterocycles. The fourth-order valence-electron chi connectivity index (χ4n) is 2.21. The van der Waals surface area contributed by atoms with Gasteiger partial charge in [-0.15, -0.1) is 0 Å². The van der Waals surface area contributed by atoms with Crippen molar-refractivity contribution in [2.75, 3.05) is 13.2 Å². The van der Waals surface area contributed by atoms with Crippen LogP contribution < -0.4 is 14.9 Å². The molecule has 24 heavy (non-hydrogen) atoms. The highest BCUT2D eigenvalue weighted by Crippen LogP contribution is 2.30. The molecule has 5 heteroatoms. The zero-order valence-electron chi connectivity index (χ0n) is 13.4. The lowest BCUT2D eigenvalue weighted by atomic mass is 10.2. The summed E-state index contributed by atoms with van der Waals surface area (Å²) in [6.07, 6.45) is 3.79. The molecule has 5 nitrogen and oxygen atoms in total. The molecule has 0 unspecified atom stereocenters. The van der Waals surface area contributed by atoms with E-state index in [1.165, 1.54) is 0 Å². The van der Waals surface area contributed by atoms with Crippen LogP contribution in [0.2, 0.25) is 0 Å². The van der Waals surface area contributed by atoms with E-state index >= 15 is 0 Å². The maximum absolute atomic E-state index is 12.2. The third kappa shape index (κ3) is 4.01. The first-order chi connectivity index (χ1) is 11.7. The number of benzene rings is 2. The molecular weight excluding hydrogens is 304 g/mol. The topological polar surface area (TPSA) is 59.9 Å². The van der Waals surface area contributed by atoms with Gasteiger partial charge in [0.05, 0.1) is 5.71 Å². The number of ether oxygens (including phenoxy) is 2. The maximum atomic E-state index is 12.2. The lowest BCUT2D eigenvalue weighted by Gasteiger charge is -2.18. The molecule has 3 rings (SSSR count). The largest absolute Gasteiger partial charge is 0.486 e. The van der Waals surface area contributed by atoms with Crippen molar-refractivity contribution in [1.29, 1.82) is 0 Å². The van der Waals surface area contributed by atoms with Crippen molar-refractivity contribution in [3.05, 3.63) is 65.7 Å². The maximum Gasteiger partial charge on any atom is 0.271 e. The summed E-state index contributed by atoms with van der Waals surface area (Å²) in [6, 6.07) is 15.0. The summed E-state index contributed by atoms with van der Waals surface area (Å²) in [7, 11) is 0. The molecule has 0 atom stereocenters. The van der Waals surface area contributed by atoms with Gasteiger partial charge in [0.25, 0.3) is 5.91 Å². The van der Waals surface area contributed by atoms with Gasteiger partial charge >= 0.3 is 0 Å². The average Bonchev–Trinajstić information content (AvgIpc) is 2.65. The van der Waals surface area contributed by atoms with Crippen LogP contribution in [0.3, 0.4) is 0 Å². The quantitative estimate of drug-likeness (QED) is 0.694. The molecule has 2 aromatic carbocycles. The van der Waals surface area contributed by atoms with E-state index in [1.54, 1.807) is 18.2 Å². The second-order valence-electron chi connectivity index (χ2n) is 5.30. The van der Waals surface area contributed by atoms with E-state index in [0.29, 0.717) is 36.0 Å². The van der Waals surface area contributed by atoms with Crippen LogP contribution >= 0.6 is 0 Å². The summed E-state index contributed by atoms with van der Waals surface area (Å²) >= 11 is 0. The van der Waals surface area contributed by atoms with Gasteiger partial charge in [-0.2, -0.15) is 5.10 Å². The molecule has 0 fully saturated rings. The van der Waals surface area contributed by atoms with Gasteiger partial charge in [0, 0.05) is 5.56 Å². The Morgan fingerprint density at radius 1 is 1.08 bits per heavy atom. The number of hydrazone groups is 1. The molecule has 1 N–H and O–H groups in total. The Balaban J connectivity index is 1.63. The highest BCUT2D eigenvalue weighted by molar-refractivity contribution is 5.99. The van der Waals surface area contributed by atoms with Crippen molar-refractivity contribution in [1.82, 2.24) is 5.43 Å². The van der Waals surface area contributed by atoms with E-state index in [2.05, 4.69) is 10.5 Å². The number of carbonyl (C=O) groups excluding carboxylic acids is 1. The van der Waals surface area contributed by atoms with Crippen LogP contribution in [0.5, 0.6) is 11.5 Å². The highest BCUT2D eigenvalue weighted by atomic mass is 16.6. The van der Waals surface area contributed by atoms with Gasteiger partial charge in [-0.3, -0.25) is 4.79 Å². The summed E-state index contributed by atoms with van der Waals surface area (Å²) in [5, 5.41) is 4.09. The summed E-state index contributed by atoms with van der Waals surface area (Å²) in [5.74, 6) is 0.946. The number of carbonyl (C=O) groups is 1. The molecule has 1 aliphatic rings. The van der Waals surface area contributed by atoms with Gasteiger partial charge in [0.2, 0.25) is 0 Å². The average molecular weight is 322 g/mol. The van der Waals surface area contributed by atoms with Gasteiger partial charge in [0.1, 0.15) is 13.2 Å². The van der Waals surface area contributed by atoms with Gasteiger partial charge in [-0.1, -0.05) is 36.4 Å². The van der Waals surface area contributed by atoms with E-state index in [9.17, 15) is 4.79 Å². The number of rotatable bonds is 4. The lowest BCUT2D eigenvalue weighted by molar-refractivity contribution is 0.0953. The first kappa shape index (κ1) is 15.8. The predicted octanol–water partition coefficient (Wildman–Crippen LogP) is 3.28. The molecule has 0 aromatic heterocycles. The molecule has 0 spiro atoms. The number of nitrogens with zero attached hydrogens (tertiary/aromatic N) is 1. The minimum atomic E-state index is -0.292. The predicted molar refractivity (Wildman–Crippen MR) is 93.5 cm³/mol. The first-order valence-electron chi connectivity index (χ1n) is 7.70. The second-order valence-corrected chi connectivity index (χ2v) is 5.30. The zero-order chi connectivity index (χ0) is 16.8. The zero-order valence-corrected chi connectivity index (χ0v) is 13.4. The minimum absolute atomic E-state index is 0.292. The number of allylic oxidation sites excluding steroid dienone is 1. The Morgan fingerprint density at radius 3 is 2.62 bits per heavy atom. The van der Waals surface area contributed by atoms with Gasteiger partial charge in [-0.05, 0) is 36.8 Å². The Morgan fingerprint density at radius 2 is 1.83 bits per heavy atom. The lowest BCUT2D eigenvalue weighted by Crippen LogP contribution is -2.20. The number of hydrogen-bond acceptors (Lipinski definition) is 4. The Labute approximate surface area is 140 Å². The molecule has 0 radical (unpaired) electrons. The van der Waals surface area contributed by atoms with Crippen LogP contribution in [0.15, 0.2) is 59.7 Å². The van der Waals surface area contributed by atoms with Crippen LogP contribution in [0.25, 0.3) is 6.08 Å². The van der Waals surface area contributed by atoms with Gasteiger partial charge < -0.3 is 9.47 Å². The fourth-order valence-corrected chi connectivity index (χ4v) is 2.21. The number of amides is 1. The van der Waals surface area contributed by atoms with Crippen LogP contribution in [-0.4, -0.2) is 24.8 Å². The second kappa shape index (κ2) is 7.46. The number of fused-ring (bicyclic) bond motifs is 1. The van der Waals surface area contributed by atoms with Crippen LogP contribution in [0.1, 0.15) is 22.8 Å². The third-order valence-electron chi connectivity index (χ3n) is 3.45. The Hall–Kier alpha value is -3.08. The highest BCUT2D eigenvalue weighted by Gasteiger charge is 2.14. The molecular formula is C19H18N2O3. The van der Waals surface area contributed by atoms with Crippen molar-refractivity contribution >= 4 is 17.7 Å². The molecule has 1 amide bonds. The van der Waals surface area contributed by atoms with Crippen LogP contribution in [-0.2, 0) is 0 Å². The summed E-state index contributed by atoms with van der Waals surface area (Å²) in [5.41, 5.74) is 4.79. The van der Waals surface area contributed by atoms with Gasteiger partial charge in [-0.25, -0.2) is 5.43 Å². The van der Waals surface area contributed by atoms with Crippen molar-refractivity contribution in [2.45, 2.75) is 6.92 Å². The van der Waals surface area contributed by atoms with Crippen molar-refractivity contribution in [3.8, 4) is 11.5 Å². The summed E-state index contributed by atoms with van der Waals surface area (Å²) in [4.78, 5) is 12.2. The number of nitrogens with one attached hydrogen (secondary N) is 1. The van der Waals surface area contributed by atoms with E-state index in [-0.39, 0.29) is 5.91 Å². The SMILES string of the molecule is CC(/C=C/c1ccccc1)=N/NC(=O)c1ccc2c(c1)OCCO2. The Kier molecular flexibility index (Phi) is 4.91. The standard InChI is InChI=1S/C19H18N2O3/c1-14(7-8-15-5-3-2-4-6-15)20-21-19(22)16-9-10-17-18(13-16)24-12-11-23-17/h2-10,13H,11-12H2,1H3,(H,21,22)/b8-7+,20-14-. The van der Waals surface area contributed by atoms with Crippen molar-refractivity contribution in [3.63, 3.8) is 0 Å². The monoisotopic (exact) mass is 322 g/mol. The van der Waals surface area contributed by atoms with E-state index in [4.69, 9.17) is 9.47 Å². The normalized spacial score (nSPS) is 13.8. The van der Waals surface area contributed by atoms with Gasteiger partial charge in [0.15, 0.2) is 11.5 Å². The molecule has 0 saturated carbocycles. The van der Waals surface area contributed by atoms with Crippen molar-refractivity contribution < 1.29 is 14.3 Å². The molecule has 0 bridgehead atoms. The van der Waals surface area contributed by atoms with E-state index in [1.807, 2.05) is 49.4 Å². The first-order valence-corrected chi connectivity index (χ1v) is 7.70. The summed E-state index contributed by atoms with van der Waals surface area (Å²) in [6.45, 7) is 2.83. The van der Waals surface area contributed by atoms with Crippen molar-refractivity contribution in [2.24, 2.45) is 5.10 Å². The summed E-state index contributed by atoms with van der Waals surface area (Å²) < 4.78 is 10.9. The van der Waals surface area contributed by atoms with E-state index in [0.717, 1.165) is 5.56 Å². The molecule has 2 aromatic rings. The van der Waals surface area contributed by atoms with Crippen LogP contribution in [0, 0.1) is 0 Å². The smallest absolute Gasteiger partial charge is 0.271 e. The Bertz CT molecular complexity index is 782. The fraction of sp³-hybridized carbons (Fsp3) is 0.158. The molecule has 1 heterocycles. The van der Waals surface area contributed by atoms with E-state index < -0.39 is 0 Å².